The van der Waals surface area contributed by atoms with Crippen LogP contribution in [0.15, 0.2) is 36.9 Å². The van der Waals surface area contributed by atoms with E-state index >= 15 is 0 Å². The Morgan fingerprint density at radius 3 is 2.68 bits per heavy atom. The van der Waals surface area contributed by atoms with Crippen molar-refractivity contribution < 1.29 is 4.79 Å². The number of likely N-dealkylation sites (tertiary alicyclic amines) is 1. The maximum atomic E-state index is 12.2. The Labute approximate surface area is 134 Å². The van der Waals surface area contributed by atoms with Crippen LogP contribution in [0.4, 0.5) is 0 Å². The van der Waals surface area contributed by atoms with E-state index in [4.69, 9.17) is 11.6 Å². The van der Waals surface area contributed by atoms with Crippen LogP contribution in [-0.2, 0) is 17.8 Å². The molecule has 1 aliphatic heterocycles. The van der Waals surface area contributed by atoms with Gasteiger partial charge in [-0.15, -0.1) is 10.2 Å². The van der Waals surface area contributed by atoms with E-state index in [2.05, 4.69) is 22.3 Å². The standard InChI is InChI=1S/C16H19ClN4O/c17-15-3-1-13(2-4-15)9-14-5-8-21(10-14)16(22)6-7-20-11-18-19-12-20/h1-4,11-12,14H,5-10H2. The van der Waals surface area contributed by atoms with Gasteiger partial charge in [-0.1, -0.05) is 23.7 Å². The molecular formula is C16H19ClN4O. The van der Waals surface area contributed by atoms with Crippen LogP contribution in [-0.4, -0.2) is 38.7 Å². The van der Waals surface area contributed by atoms with Crippen molar-refractivity contribution >= 4 is 17.5 Å². The van der Waals surface area contributed by atoms with Gasteiger partial charge in [0.15, 0.2) is 0 Å². The van der Waals surface area contributed by atoms with Crippen molar-refractivity contribution in [1.29, 1.82) is 0 Å². The third-order valence-corrected chi connectivity index (χ3v) is 4.38. The van der Waals surface area contributed by atoms with Gasteiger partial charge in [-0.25, -0.2) is 0 Å². The van der Waals surface area contributed by atoms with Crippen LogP contribution in [0.2, 0.25) is 5.02 Å². The van der Waals surface area contributed by atoms with Crippen LogP contribution < -0.4 is 0 Å². The molecule has 5 nitrogen and oxygen atoms in total. The number of amides is 1. The molecule has 22 heavy (non-hydrogen) atoms. The molecule has 1 amide bonds. The van der Waals surface area contributed by atoms with Crippen LogP contribution in [0.5, 0.6) is 0 Å². The number of halogens is 1. The molecule has 1 unspecified atom stereocenters. The smallest absolute Gasteiger partial charge is 0.224 e. The summed E-state index contributed by atoms with van der Waals surface area (Å²) in [6.45, 7) is 2.35. The molecule has 1 saturated heterocycles. The fourth-order valence-electron chi connectivity index (χ4n) is 2.90. The number of hydrogen-bond acceptors (Lipinski definition) is 3. The average Bonchev–Trinajstić information content (AvgIpc) is 3.19. The van der Waals surface area contributed by atoms with Crippen molar-refractivity contribution in [2.24, 2.45) is 5.92 Å². The molecule has 2 aromatic rings. The first-order valence-corrected chi connectivity index (χ1v) is 7.93. The summed E-state index contributed by atoms with van der Waals surface area (Å²) in [6, 6.07) is 7.99. The van der Waals surface area contributed by atoms with Gasteiger partial charge in [-0.2, -0.15) is 0 Å². The highest BCUT2D eigenvalue weighted by Gasteiger charge is 2.25. The lowest BCUT2D eigenvalue weighted by Crippen LogP contribution is -2.29. The molecule has 0 aliphatic carbocycles. The van der Waals surface area contributed by atoms with Crippen LogP contribution >= 0.6 is 11.6 Å². The monoisotopic (exact) mass is 318 g/mol. The Morgan fingerprint density at radius 1 is 1.23 bits per heavy atom. The van der Waals surface area contributed by atoms with Crippen molar-refractivity contribution in [1.82, 2.24) is 19.7 Å². The first-order valence-electron chi connectivity index (χ1n) is 7.55. The topological polar surface area (TPSA) is 51.0 Å². The van der Waals surface area contributed by atoms with E-state index in [0.717, 1.165) is 31.0 Å². The number of aromatic nitrogens is 3. The van der Waals surface area contributed by atoms with Crippen molar-refractivity contribution in [3.05, 3.63) is 47.5 Å². The molecular weight excluding hydrogens is 300 g/mol. The second-order valence-electron chi connectivity index (χ2n) is 5.77. The van der Waals surface area contributed by atoms with Crippen LogP contribution in [0.3, 0.4) is 0 Å². The van der Waals surface area contributed by atoms with Gasteiger partial charge in [0.25, 0.3) is 0 Å². The second kappa shape index (κ2) is 6.92. The molecule has 0 spiro atoms. The number of nitrogens with zero attached hydrogens (tertiary/aromatic N) is 4. The lowest BCUT2D eigenvalue weighted by molar-refractivity contribution is -0.130. The summed E-state index contributed by atoms with van der Waals surface area (Å²) in [7, 11) is 0. The number of carbonyl (C=O) groups is 1. The largest absolute Gasteiger partial charge is 0.342 e. The van der Waals surface area contributed by atoms with Gasteiger partial charge in [-0.05, 0) is 36.5 Å². The van der Waals surface area contributed by atoms with Gasteiger partial charge in [0.2, 0.25) is 5.91 Å². The molecule has 1 aromatic heterocycles. The summed E-state index contributed by atoms with van der Waals surface area (Å²) >= 11 is 5.91. The zero-order valence-electron chi connectivity index (χ0n) is 12.4. The summed E-state index contributed by atoms with van der Waals surface area (Å²) in [5.41, 5.74) is 1.29. The van der Waals surface area contributed by atoms with Crippen molar-refractivity contribution in [3.63, 3.8) is 0 Å². The molecule has 116 valence electrons. The molecule has 0 saturated carbocycles. The Hall–Kier alpha value is -1.88. The highest BCUT2D eigenvalue weighted by Crippen LogP contribution is 2.22. The fraction of sp³-hybridized carbons (Fsp3) is 0.438. The van der Waals surface area contributed by atoms with E-state index in [1.807, 2.05) is 21.6 Å². The summed E-state index contributed by atoms with van der Waals surface area (Å²) in [6.07, 6.45) is 5.86. The summed E-state index contributed by atoms with van der Waals surface area (Å²) in [5.74, 6) is 0.757. The fourth-order valence-corrected chi connectivity index (χ4v) is 3.03. The predicted octanol–water partition coefficient (Wildman–Crippen LogP) is 2.41. The number of hydrogen-bond donors (Lipinski definition) is 0. The molecule has 3 rings (SSSR count). The third kappa shape index (κ3) is 3.85. The normalized spacial score (nSPS) is 17.9. The zero-order chi connectivity index (χ0) is 15.4. The Balaban J connectivity index is 1.47. The van der Waals surface area contributed by atoms with Gasteiger partial charge in [0.05, 0.1) is 0 Å². The maximum Gasteiger partial charge on any atom is 0.224 e. The van der Waals surface area contributed by atoms with Crippen LogP contribution in [0, 0.1) is 5.92 Å². The van der Waals surface area contributed by atoms with Gasteiger partial charge < -0.3 is 9.47 Å². The highest BCUT2D eigenvalue weighted by atomic mass is 35.5. The summed E-state index contributed by atoms with van der Waals surface area (Å²) in [5, 5.41) is 8.25. The molecule has 1 aliphatic rings. The highest BCUT2D eigenvalue weighted by molar-refractivity contribution is 6.30. The molecule has 2 heterocycles. The van der Waals surface area contributed by atoms with Crippen molar-refractivity contribution in [2.75, 3.05) is 13.1 Å². The SMILES string of the molecule is O=C(CCn1cnnc1)N1CCC(Cc2ccc(Cl)cc2)C1. The maximum absolute atomic E-state index is 12.2. The predicted molar refractivity (Wildman–Crippen MR) is 84.5 cm³/mol. The minimum atomic E-state index is 0.215. The van der Waals surface area contributed by atoms with Gasteiger partial charge in [0.1, 0.15) is 12.7 Å². The van der Waals surface area contributed by atoms with E-state index in [0.29, 0.717) is 18.9 Å². The van der Waals surface area contributed by atoms with Crippen molar-refractivity contribution in [3.8, 4) is 0 Å². The minimum Gasteiger partial charge on any atom is -0.342 e. The average molecular weight is 319 g/mol. The van der Waals surface area contributed by atoms with E-state index < -0.39 is 0 Å². The summed E-state index contributed by atoms with van der Waals surface area (Å²) in [4.78, 5) is 14.2. The molecule has 1 atom stereocenters. The quantitative estimate of drug-likeness (QED) is 0.850. The van der Waals surface area contributed by atoms with Gasteiger partial charge >= 0.3 is 0 Å². The van der Waals surface area contributed by atoms with E-state index in [1.54, 1.807) is 12.7 Å². The number of benzene rings is 1. The molecule has 0 N–H and O–H groups in total. The van der Waals surface area contributed by atoms with Gasteiger partial charge in [0, 0.05) is 31.1 Å². The Morgan fingerprint density at radius 2 is 1.95 bits per heavy atom. The molecule has 1 fully saturated rings. The van der Waals surface area contributed by atoms with E-state index in [9.17, 15) is 4.79 Å². The first-order chi connectivity index (χ1) is 10.7. The Kier molecular flexibility index (Phi) is 4.73. The Bertz CT molecular complexity index is 612. The zero-order valence-corrected chi connectivity index (χ0v) is 13.1. The minimum absolute atomic E-state index is 0.215. The second-order valence-corrected chi connectivity index (χ2v) is 6.21. The lowest BCUT2D eigenvalue weighted by Gasteiger charge is -2.16. The van der Waals surface area contributed by atoms with E-state index in [1.165, 1.54) is 5.56 Å². The van der Waals surface area contributed by atoms with Crippen LogP contribution in [0.25, 0.3) is 0 Å². The third-order valence-electron chi connectivity index (χ3n) is 4.13. The molecule has 6 heteroatoms. The number of aryl methyl sites for hydroxylation is 1. The molecule has 1 aromatic carbocycles. The number of carbonyl (C=O) groups excluding carboxylic acids is 1. The summed E-state index contributed by atoms with van der Waals surface area (Å²) < 4.78 is 1.83. The van der Waals surface area contributed by atoms with E-state index in [-0.39, 0.29) is 5.91 Å². The van der Waals surface area contributed by atoms with Gasteiger partial charge in [-0.3, -0.25) is 4.79 Å². The molecule has 0 bridgehead atoms. The number of rotatable bonds is 5. The van der Waals surface area contributed by atoms with Crippen molar-refractivity contribution in [2.45, 2.75) is 25.8 Å². The van der Waals surface area contributed by atoms with Crippen LogP contribution in [0.1, 0.15) is 18.4 Å². The lowest BCUT2D eigenvalue weighted by atomic mass is 9.99. The first kappa shape index (κ1) is 15.0. The molecule has 0 radical (unpaired) electrons.